The highest BCUT2D eigenvalue weighted by atomic mass is 19.4. The molecule has 0 radical (unpaired) electrons. The van der Waals surface area contributed by atoms with Crippen LogP contribution in [0.4, 0.5) is 23.2 Å². The highest BCUT2D eigenvalue weighted by Crippen LogP contribution is 2.22. The first-order valence-corrected chi connectivity index (χ1v) is 5.28. The Labute approximate surface area is 107 Å². The molecule has 0 aliphatic carbocycles. The molecule has 0 unspecified atom stereocenters. The van der Waals surface area contributed by atoms with Crippen molar-refractivity contribution in [2.45, 2.75) is 13.1 Å². The van der Waals surface area contributed by atoms with Crippen LogP contribution in [-0.4, -0.2) is 19.1 Å². The van der Waals surface area contributed by atoms with E-state index in [4.69, 9.17) is 5.73 Å². The predicted octanol–water partition coefficient (Wildman–Crippen LogP) is 2.98. The molecule has 3 nitrogen and oxygen atoms in total. The standard InChI is InChI=1S/C12H13F4N3/c1-7-5-8(13)3-4-9(7)19-11(18-2)6-10(17)12(14,15)16/h3-6H,17H2,1-2H3,(H,18,19). The Hall–Kier alpha value is -2.05. The second kappa shape index (κ2) is 5.73. The van der Waals surface area contributed by atoms with E-state index in [0.29, 0.717) is 17.3 Å². The molecular weight excluding hydrogens is 262 g/mol. The van der Waals surface area contributed by atoms with E-state index in [1.165, 1.54) is 25.2 Å². The predicted molar refractivity (Wildman–Crippen MR) is 66.4 cm³/mol. The fourth-order valence-corrected chi connectivity index (χ4v) is 1.29. The van der Waals surface area contributed by atoms with Gasteiger partial charge in [-0.15, -0.1) is 0 Å². The molecule has 0 atom stereocenters. The second-order valence-corrected chi connectivity index (χ2v) is 3.79. The van der Waals surface area contributed by atoms with Gasteiger partial charge in [0, 0.05) is 18.8 Å². The molecule has 0 saturated heterocycles. The van der Waals surface area contributed by atoms with Gasteiger partial charge < -0.3 is 11.1 Å². The number of hydrogen-bond acceptors (Lipinski definition) is 2. The molecule has 0 heterocycles. The fourth-order valence-electron chi connectivity index (χ4n) is 1.29. The van der Waals surface area contributed by atoms with Gasteiger partial charge >= 0.3 is 6.18 Å². The van der Waals surface area contributed by atoms with Gasteiger partial charge in [-0.2, -0.15) is 13.2 Å². The van der Waals surface area contributed by atoms with E-state index in [2.05, 4.69) is 10.3 Å². The van der Waals surface area contributed by atoms with Crippen LogP contribution in [0, 0.1) is 12.7 Å². The van der Waals surface area contributed by atoms with Crippen LogP contribution in [0.5, 0.6) is 0 Å². The molecule has 1 rings (SSSR count). The van der Waals surface area contributed by atoms with Crippen molar-refractivity contribution in [1.82, 2.24) is 0 Å². The maximum absolute atomic E-state index is 12.9. The van der Waals surface area contributed by atoms with Crippen molar-refractivity contribution in [2.24, 2.45) is 10.7 Å². The molecule has 19 heavy (non-hydrogen) atoms. The molecule has 0 saturated carbocycles. The molecular formula is C12H13F4N3. The number of aryl methyl sites for hydroxylation is 1. The van der Waals surface area contributed by atoms with Crippen LogP contribution in [0.2, 0.25) is 0 Å². The number of hydrogen-bond donors (Lipinski definition) is 2. The normalized spacial score (nSPS) is 13.6. The van der Waals surface area contributed by atoms with E-state index in [-0.39, 0.29) is 5.84 Å². The monoisotopic (exact) mass is 275 g/mol. The molecule has 1 aromatic rings. The van der Waals surface area contributed by atoms with Crippen LogP contribution in [0.15, 0.2) is 35.0 Å². The van der Waals surface area contributed by atoms with Gasteiger partial charge in [0.1, 0.15) is 17.3 Å². The Bertz CT molecular complexity index is 518. The van der Waals surface area contributed by atoms with Crippen LogP contribution in [0.3, 0.4) is 0 Å². The number of nitrogens with zero attached hydrogens (tertiary/aromatic N) is 1. The summed E-state index contributed by atoms with van der Waals surface area (Å²) in [5, 5.41) is 2.65. The molecule has 0 aliphatic rings. The lowest BCUT2D eigenvalue weighted by molar-refractivity contribution is -0.0925. The molecule has 104 valence electrons. The number of aliphatic imine (C=N–C) groups is 1. The number of halogens is 4. The summed E-state index contributed by atoms with van der Waals surface area (Å²) in [7, 11) is 1.32. The Morgan fingerprint density at radius 3 is 2.47 bits per heavy atom. The smallest absolute Gasteiger partial charge is 0.395 e. The average molecular weight is 275 g/mol. The van der Waals surface area contributed by atoms with E-state index in [9.17, 15) is 17.6 Å². The zero-order chi connectivity index (χ0) is 14.6. The second-order valence-electron chi connectivity index (χ2n) is 3.79. The quantitative estimate of drug-likeness (QED) is 0.495. The lowest BCUT2D eigenvalue weighted by Gasteiger charge is -2.11. The molecule has 0 spiro atoms. The SMILES string of the molecule is CN=C(C=C(N)C(F)(F)F)Nc1ccc(F)cc1C. The summed E-state index contributed by atoms with van der Waals surface area (Å²) in [6.45, 7) is 1.62. The van der Waals surface area contributed by atoms with Crippen LogP contribution in [0.25, 0.3) is 0 Å². The Morgan fingerprint density at radius 1 is 1.37 bits per heavy atom. The topological polar surface area (TPSA) is 50.4 Å². The first-order chi connectivity index (χ1) is 8.74. The van der Waals surface area contributed by atoms with Crippen LogP contribution < -0.4 is 11.1 Å². The third kappa shape index (κ3) is 4.27. The van der Waals surface area contributed by atoms with Crippen molar-refractivity contribution in [3.05, 3.63) is 41.4 Å². The number of allylic oxidation sites excluding steroid dienone is 1. The Morgan fingerprint density at radius 2 is 2.00 bits per heavy atom. The van der Waals surface area contributed by atoms with E-state index in [0.717, 1.165) is 0 Å². The van der Waals surface area contributed by atoms with E-state index in [1.807, 2.05) is 0 Å². The van der Waals surface area contributed by atoms with Gasteiger partial charge in [0.05, 0.1) is 0 Å². The van der Waals surface area contributed by atoms with Gasteiger partial charge in [-0.3, -0.25) is 4.99 Å². The molecule has 3 N–H and O–H groups in total. The Kier molecular flexibility index (Phi) is 4.52. The van der Waals surface area contributed by atoms with Crippen molar-refractivity contribution in [3.63, 3.8) is 0 Å². The molecule has 0 amide bonds. The highest BCUT2D eigenvalue weighted by molar-refractivity contribution is 6.04. The molecule has 0 bridgehead atoms. The molecule has 0 aliphatic heterocycles. The molecule has 0 fully saturated rings. The summed E-state index contributed by atoms with van der Waals surface area (Å²) in [5.41, 5.74) is 4.63. The lowest BCUT2D eigenvalue weighted by atomic mass is 10.2. The minimum absolute atomic E-state index is 0.0652. The zero-order valence-electron chi connectivity index (χ0n) is 10.3. The lowest BCUT2D eigenvalue weighted by Crippen LogP contribution is -2.22. The zero-order valence-corrected chi connectivity index (χ0v) is 10.3. The van der Waals surface area contributed by atoms with Crippen LogP contribution in [0.1, 0.15) is 5.56 Å². The summed E-state index contributed by atoms with van der Waals surface area (Å²) in [6.07, 6.45) is -3.93. The molecule has 0 aromatic heterocycles. The van der Waals surface area contributed by atoms with Crippen molar-refractivity contribution in [1.29, 1.82) is 0 Å². The number of alkyl halides is 3. The average Bonchev–Trinajstić information content (AvgIpc) is 2.30. The number of nitrogens with two attached hydrogens (primary N) is 1. The van der Waals surface area contributed by atoms with Crippen LogP contribution in [-0.2, 0) is 0 Å². The van der Waals surface area contributed by atoms with Gasteiger partial charge in [0.2, 0.25) is 0 Å². The number of amidine groups is 1. The number of benzene rings is 1. The van der Waals surface area contributed by atoms with E-state index >= 15 is 0 Å². The molecule has 1 aromatic carbocycles. The van der Waals surface area contributed by atoms with Gasteiger partial charge in [-0.05, 0) is 30.7 Å². The summed E-state index contributed by atoms with van der Waals surface area (Å²) < 4.78 is 49.8. The number of nitrogens with one attached hydrogen (secondary N) is 1. The van der Waals surface area contributed by atoms with Crippen molar-refractivity contribution < 1.29 is 17.6 Å². The van der Waals surface area contributed by atoms with E-state index < -0.39 is 17.7 Å². The minimum atomic E-state index is -4.62. The first kappa shape index (κ1) is 15.0. The number of rotatable bonds is 2. The van der Waals surface area contributed by atoms with Crippen LogP contribution >= 0.6 is 0 Å². The maximum Gasteiger partial charge on any atom is 0.430 e. The third-order valence-electron chi connectivity index (χ3n) is 2.31. The summed E-state index contributed by atoms with van der Waals surface area (Å²) in [5.74, 6) is -0.493. The van der Waals surface area contributed by atoms with Gasteiger partial charge in [0.15, 0.2) is 0 Å². The van der Waals surface area contributed by atoms with Gasteiger partial charge in [0.25, 0.3) is 0 Å². The van der Waals surface area contributed by atoms with Crippen molar-refractivity contribution in [3.8, 4) is 0 Å². The maximum atomic E-state index is 12.9. The Balaban J connectivity index is 2.96. The fraction of sp³-hybridized carbons (Fsp3) is 0.250. The first-order valence-electron chi connectivity index (χ1n) is 5.28. The summed E-state index contributed by atoms with van der Waals surface area (Å²) in [4.78, 5) is 3.66. The van der Waals surface area contributed by atoms with Crippen molar-refractivity contribution in [2.75, 3.05) is 12.4 Å². The third-order valence-corrected chi connectivity index (χ3v) is 2.31. The van der Waals surface area contributed by atoms with E-state index in [1.54, 1.807) is 6.92 Å². The minimum Gasteiger partial charge on any atom is -0.395 e. The van der Waals surface area contributed by atoms with Gasteiger partial charge in [-0.1, -0.05) is 0 Å². The summed E-state index contributed by atoms with van der Waals surface area (Å²) >= 11 is 0. The number of anilines is 1. The largest absolute Gasteiger partial charge is 0.430 e. The van der Waals surface area contributed by atoms with Crippen molar-refractivity contribution >= 4 is 11.5 Å². The highest BCUT2D eigenvalue weighted by Gasteiger charge is 2.31. The molecule has 7 heteroatoms. The summed E-state index contributed by atoms with van der Waals surface area (Å²) in [6, 6.07) is 3.86. The van der Waals surface area contributed by atoms with Gasteiger partial charge in [-0.25, -0.2) is 4.39 Å².